The van der Waals surface area contributed by atoms with Crippen LogP contribution in [0.3, 0.4) is 0 Å². The number of carbonyl (C=O) groups excluding carboxylic acids is 1. The average Bonchev–Trinajstić information content (AvgIpc) is 2.69. The van der Waals surface area contributed by atoms with Crippen LogP contribution < -0.4 is 10.6 Å². The molecule has 2 atom stereocenters. The van der Waals surface area contributed by atoms with E-state index in [0.29, 0.717) is 0 Å². The Morgan fingerprint density at radius 3 is 2.62 bits per heavy atom. The van der Waals surface area contributed by atoms with Crippen molar-refractivity contribution in [3.63, 3.8) is 0 Å². The van der Waals surface area contributed by atoms with Crippen LogP contribution in [0.2, 0.25) is 0 Å². The standard InChI is InChI=1S/C9H14N4O3/c1-5(7-3-10-11-4-7)12-9(16)13-6(2)8(14)15/h3-6H,1-2H3,(H,10,11)(H,14,15)(H2,12,13,16). The zero-order chi connectivity index (χ0) is 12.1. The Labute approximate surface area is 92.2 Å². The normalized spacial score (nSPS) is 13.9. The van der Waals surface area contributed by atoms with Crippen molar-refractivity contribution in [1.29, 1.82) is 0 Å². The summed E-state index contributed by atoms with van der Waals surface area (Å²) < 4.78 is 0. The Bertz CT molecular complexity index is 363. The van der Waals surface area contributed by atoms with E-state index >= 15 is 0 Å². The van der Waals surface area contributed by atoms with E-state index in [0.717, 1.165) is 5.56 Å². The van der Waals surface area contributed by atoms with Crippen molar-refractivity contribution < 1.29 is 14.7 Å². The van der Waals surface area contributed by atoms with Crippen LogP contribution >= 0.6 is 0 Å². The summed E-state index contributed by atoms with van der Waals surface area (Å²) in [6, 6.07) is -1.68. The molecule has 7 nitrogen and oxygen atoms in total. The summed E-state index contributed by atoms with van der Waals surface area (Å²) in [5.74, 6) is -1.08. The smallest absolute Gasteiger partial charge is 0.325 e. The Balaban J connectivity index is 2.43. The predicted molar refractivity (Wildman–Crippen MR) is 55.8 cm³/mol. The van der Waals surface area contributed by atoms with Crippen molar-refractivity contribution in [1.82, 2.24) is 20.8 Å². The summed E-state index contributed by atoms with van der Waals surface area (Å²) in [6.07, 6.45) is 3.25. The van der Waals surface area contributed by atoms with Crippen molar-refractivity contribution in [2.45, 2.75) is 25.9 Å². The van der Waals surface area contributed by atoms with Gasteiger partial charge in [0.1, 0.15) is 6.04 Å². The van der Waals surface area contributed by atoms with Crippen LogP contribution in [-0.2, 0) is 4.79 Å². The van der Waals surface area contributed by atoms with Crippen molar-refractivity contribution in [2.24, 2.45) is 0 Å². The van der Waals surface area contributed by atoms with E-state index in [2.05, 4.69) is 20.8 Å². The minimum atomic E-state index is -1.08. The van der Waals surface area contributed by atoms with Gasteiger partial charge in [0.25, 0.3) is 0 Å². The van der Waals surface area contributed by atoms with Gasteiger partial charge in [0, 0.05) is 11.8 Å². The van der Waals surface area contributed by atoms with Gasteiger partial charge in [0.15, 0.2) is 0 Å². The van der Waals surface area contributed by atoms with Gasteiger partial charge in [0.05, 0.1) is 12.2 Å². The van der Waals surface area contributed by atoms with Gasteiger partial charge in [0.2, 0.25) is 0 Å². The summed E-state index contributed by atoms with van der Waals surface area (Å²) in [4.78, 5) is 21.8. The number of rotatable bonds is 4. The number of aromatic amines is 1. The van der Waals surface area contributed by atoms with E-state index in [1.165, 1.54) is 6.92 Å². The number of carbonyl (C=O) groups is 2. The molecule has 0 bridgehead atoms. The predicted octanol–water partition coefficient (Wildman–Crippen LogP) is 0.243. The van der Waals surface area contributed by atoms with Crippen LogP contribution in [-0.4, -0.2) is 33.3 Å². The molecule has 0 saturated carbocycles. The number of aromatic nitrogens is 2. The monoisotopic (exact) mass is 226 g/mol. The second-order valence-electron chi connectivity index (χ2n) is 3.43. The second kappa shape index (κ2) is 5.15. The molecule has 0 saturated heterocycles. The number of amides is 2. The van der Waals surface area contributed by atoms with Crippen LogP contribution in [0.1, 0.15) is 25.5 Å². The van der Waals surface area contributed by atoms with Crippen LogP contribution in [0.5, 0.6) is 0 Å². The molecule has 7 heteroatoms. The molecule has 2 unspecified atom stereocenters. The molecule has 88 valence electrons. The highest BCUT2D eigenvalue weighted by atomic mass is 16.4. The number of H-pyrrole nitrogens is 1. The maximum absolute atomic E-state index is 11.3. The summed E-state index contributed by atoms with van der Waals surface area (Å²) in [7, 11) is 0. The fraction of sp³-hybridized carbons (Fsp3) is 0.444. The van der Waals surface area contributed by atoms with Crippen LogP contribution in [0, 0.1) is 0 Å². The first kappa shape index (κ1) is 12.0. The first-order chi connectivity index (χ1) is 7.50. The van der Waals surface area contributed by atoms with Gasteiger partial charge in [-0.05, 0) is 13.8 Å². The number of aliphatic carboxylic acids is 1. The summed E-state index contributed by atoms with van der Waals surface area (Å²) in [6.45, 7) is 3.17. The number of hydrogen-bond donors (Lipinski definition) is 4. The van der Waals surface area contributed by atoms with E-state index in [1.807, 2.05) is 0 Å². The molecule has 1 aromatic rings. The van der Waals surface area contributed by atoms with Gasteiger partial charge in [-0.25, -0.2) is 4.79 Å². The van der Waals surface area contributed by atoms with Crippen molar-refractivity contribution in [3.05, 3.63) is 18.0 Å². The van der Waals surface area contributed by atoms with Crippen LogP contribution in [0.4, 0.5) is 4.79 Å². The lowest BCUT2D eigenvalue weighted by molar-refractivity contribution is -0.138. The van der Waals surface area contributed by atoms with E-state index in [9.17, 15) is 9.59 Å². The molecular formula is C9H14N4O3. The van der Waals surface area contributed by atoms with E-state index in [1.54, 1.807) is 19.3 Å². The topological polar surface area (TPSA) is 107 Å². The van der Waals surface area contributed by atoms with Crippen molar-refractivity contribution in [3.8, 4) is 0 Å². The highest BCUT2D eigenvalue weighted by molar-refractivity contribution is 5.82. The quantitative estimate of drug-likeness (QED) is 0.590. The summed E-state index contributed by atoms with van der Waals surface area (Å²) in [5.41, 5.74) is 0.818. The highest BCUT2D eigenvalue weighted by Crippen LogP contribution is 2.08. The first-order valence-corrected chi connectivity index (χ1v) is 4.79. The second-order valence-corrected chi connectivity index (χ2v) is 3.43. The molecule has 0 aliphatic carbocycles. The molecule has 0 aliphatic rings. The maximum atomic E-state index is 11.3. The van der Waals surface area contributed by atoms with Gasteiger partial charge in [-0.15, -0.1) is 0 Å². The van der Waals surface area contributed by atoms with Gasteiger partial charge in [-0.3, -0.25) is 9.89 Å². The maximum Gasteiger partial charge on any atom is 0.325 e. The lowest BCUT2D eigenvalue weighted by atomic mass is 10.2. The third kappa shape index (κ3) is 3.26. The molecule has 1 aromatic heterocycles. The first-order valence-electron chi connectivity index (χ1n) is 4.79. The molecule has 0 aliphatic heterocycles. The zero-order valence-electron chi connectivity index (χ0n) is 9.02. The number of urea groups is 1. The third-order valence-corrected chi connectivity index (χ3v) is 2.09. The number of nitrogens with one attached hydrogen (secondary N) is 3. The van der Waals surface area contributed by atoms with E-state index in [-0.39, 0.29) is 6.04 Å². The molecular weight excluding hydrogens is 212 g/mol. The fourth-order valence-electron chi connectivity index (χ4n) is 1.08. The van der Waals surface area contributed by atoms with Crippen molar-refractivity contribution >= 4 is 12.0 Å². The Morgan fingerprint density at radius 1 is 1.44 bits per heavy atom. The van der Waals surface area contributed by atoms with Gasteiger partial charge in [-0.1, -0.05) is 0 Å². The highest BCUT2D eigenvalue weighted by Gasteiger charge is 2.15. The van der Waals surface area contributed by atoms with Gasteiger partial charge < -0.3 is 15.7 Å². The molecule has 0 aromatic carbocycles. The number of nitrogens with zero attached hydrogens (tertiary/aromatic N) is 1. The minimum Gasteiger partial charge on any atom is -0.480 e. The lowest BCUT2D eigenvalue weighted by Crippen LogP contribution is -2.45. The third-order valence-electron chi connectivity index (χ3n) is 2.09. The Kier molecular flexibility index (Phi) is 3.87. The molecule has 4 N–H and O–H groups in total. The number of carboxylic acid groups (broad SMARTS) is 1. The van der Waals surface area contributed by atoms with E-state index < -0.39 is 18.0 Å². The lowest BCUT2D eigenvalue weighted by Gasteiger charge is -2.14. The Morgan fingerprint density at radius 2 is 2.12 bits per heavy atom. The molecule has 0 fully saturated rings. The van der Waals surface area contributed by atoms with Crippen molar-refractivity contribution in [2.75, 3.05) is 0 Å². The molecule has 1 heterocycles. The SMILES string of the molecule is CC(NC(=O)NC(C)c1cn[nH]c1)C(=O)O. The Hall–Kier alpha value is -2.05. The minimum absolute atomic E-state index is 0.236. The fourth-order valence-corrected chi connectivity index (χ4v) is 1.08. The van der Waals surface area contributed by atoms with Gasteiger partial charge in [-0.2, -0.15) is 5.10 Å². The van der Waals surface area contributed by atoms with Crippen LogP contribution in [0.25, 0.3) is 0 Å². The van der Waals surface area contributed by atoms with E-state index in [4.69, 9.17) is 5.11 Å². The summed E-state index contributed by atoms with van der Waals surface area (Å²) >= 11 is 0. The molecule has 1 rings (SSSR count). The average molecular weight is 226 g/mol. The zero-order valence-corrected chi connectivity index (χ0v) is 9.02. The van der Waals surface area contributed by atoms with Crippen LogP contribution in [0.15, 0.2) is 12.4 Å². The molecule has 0 radical (unpaired) electrons. The molecule has 16 heavy (non-hydrogen) atoms. The molecule has 0 spiro atoms. The summed E-state index contributed by atoms with van der Waals surface area (Å²) in [5, 5.41) is 19.9. The number of carboxylic acids is 1. The number of hydrogen-bond acceptors (Lipinski definition) is 3. The largest absolute Gasteiger partial charge is 0.480 e. The van der Waals surface area contributed by atoms with Gasteiger partial charge >= 0.3 is 12.0 Å². The molecule has 2 amide bonds.